The Labute approximate surface area is 115 Å². The van der Waals surface area contributed by atoms with Crippen LogP contribution in [-0.4, -0.2) is 0 Å². The highest BCUT2D eigenvalue weighted by atomic mass is 19.4. The molecule has 5 heteroatoms. The molecule has 106 valence electrons. The maximum atomic E-state index is 12.7. The molecular formula is C15H14F3NO. The van der Waals surface area contributed by atoms with Gasteiger partial charge in [0.15, 0.2) is 0 Å². The minimum absolute atomic E-state index is 0.0619. The molecule has 0 spiro atoms. The molecule has 0 radical (unpaired) electrons. The topological polar surface area (TPSA) is 35.2 Å². The van der Waals surface area contributed by atoms with Crippen molar-refractivity contribution in [2.75, 3.05) is 5.73 Å². The van der Waals surface area contributed by atoms with Gasteiger partial charge >= 0.3 is 6.18 Å². The van der Waals surface area contributed by atoms with E-state index >= 15 is 0 Å². The molecule has 0 atom stereocenters. The van der Waals surface area contributed by atoms with Crippen LogP contribution in [0.5, 0.6) is 5.75 Å². The lowest BCUT2D eigenvalue weighted by Gasteiger charge is -2.12. The summed E-state index contributed by atoms with van der Waals surface area (Å²) in [7, 11) is 0. The van der Waals surface area contributed by atoms with Gasteiger partial charge in [-0.25, -0.2) is 0 Å². The molecule has 0 saturated carbocycles. The Kier molecular flexibility index (Phi) is 3.88. The Hall–Kier alpha value is -2.17. The Balaban J connectivity index is 2.12. The van der Waals surface area contributed by atoms with Crippen LogP contribution in [0.15, 0.2) is 42.5 Å². The molecule has 0 amide bonds. The first-order chi connectivity index (χ1) is 9.36. The number of hydrogen-bond donors (Lipinski definition) is 1. The maximum Gasteiger partial charge on any atom is 0.418 e. The molecule has 0 unspecified atom stereocenters. The van der Waals surface area contributed by atoms with E-state index in [0.29, 0.717) is 11.3 Å². The van der Waals surface area contributed by atoms with E-state index in [-0.39, 0.29) is 12.3 Å². The average Bonchev–Trinajstić information content (AvgIpc) is 2.38. The summed E-state index contributed by atoms with van der Waals surface area (Å²) in [4.78, 5) is 0. The molecule has 0 saturated heterocycles. The Morgan fingerprint density at radius 1 is 1.05 bits per heavy atom. The number of alkyl halides is 3. The number of rotatable bonds is 3. The lowest BCUT2D eigenvalue weighted by molar-refractivity contribution is -0.137. The molecular weight excluding hydrogens is 267 g/mol. The van der Waals surface area contributed by atoms with Crippen molar-refractivity contribution in [3.05, 3.63) is 59.2 Å². The summed E-state index contributed by atoms with van der Waals surface area (Å²) in [6, 6.07) is 11.1. The summed E-state index contributed by atoms with van der Waals surface area (Å²) in [5, 5.41) is 0. The zero-order chi connectivity index (χ0) is 14.8. The lowest BCUT2D eigenvalue weighted by Crippen LogP contribution is -2.10. The smallest absolute Gasteiger partial charge is 0.418 e. The zero-order valence-corrected chi connectivity index (χ0v) is 10.9. The fraction of sp³-hybridized carbons (Fsp3) is 0.200. The van der Waals surface area contributed by atoms with Gasteiger partial charge in [0, 0.05) is 5.69 Å². The van der Waals surface area contributed by atoms with Crippen LogP contribution in [0.2, 0.25) is 0 Å². The second kappa shape index (κ2) is 5.45. The van der Waals surface area contributed by atoms with Crippen molar-refractivity contribution in [1.82, 2.24) is 0 Å². The van der Waals surface area contributed by atoms with Gasteiger partial charge in [-0.1, -0.05) is 23.8 Å². The molecule has 0 fully saturated rings. The minimum Gasteiger partial charge on any atom is -0.489 e. The summed E-state index contributed by atoms with van der Waals surface area (Å²) in [5.41, 5.74) is 5.74. The van der Waals surface area contributed by atoms with Gasteiger partial charge in [0.2, 0.25) is 0 Å². The highest BCUT2D eigenvalue weighted by Crippen LogP contribution is 2.34. The standard InChI is InChI=1S/C15H14F3NO/c1-10-2-5-12(6-3-10)20-9-11-4-7-14(19)13(8-11)15(16,17)18/h2-8H,9,19H2,1H3. The molecule has 0 heterocycles. The van der Waals surface area contributed by atoms with Crippen molar-refractivity contribution >= 4 is 5.69 Å². The SMILES string of the molecule is Cc1ccc(OCc2ccc(N)c(C(F)(F)F)c2)cc1. The van der Waals surface area contributed by atoms with Gasteiger partial charge < -0.3 is 10.5 Å². The van der Waals surface area contributed by atoms with Crippen molar-refractivity contribution in [2.45, 2.75) is 19.7 Å². The van der Waals surface area contributed by atoms with E-state index in [9.17, 15) is 13.2 Å². The number of aryl methyl sites for hydroxylation is 1. The molecule has 2 N–H and O–H groups in total. The first-order valence-corrected chi connectivity index (χ1v) is 6.01. The number of benzene rings is 2. The van der Waals surface area contributed by atoms with Gasteiger partial charge in [0.1, 0.15) is 12.4 Å². The zero-order valence-electron chi connectivity index (χ0n) is 10.9. The van der Waals surface area contributed by atoms with Crippen molar-refractivity contribution in [1.29, 1.82) is 0 Å². The van der Waals surface area contributed by atoms with E-state index in [0.717, 1.165) is 11.6 Å². The van der Waals surface area contributed by atoms with E-state index in [1.54, 1.807) is 12.1 Å². The van der Waals surface area contributed by atoms with Crippen LogP contribution in [0.3, 0.4) is 0 Å². The van der Waals surface area contributed by atoms with Crippen LogP contribution in [0.4, 0.5) is 18.9 Å². The fourth-order valence-corrected chi connectivity index (χ4v) is 1.74. The summed E-state index contributed by atoms with van der Waals surface area (Å²) < 4.78 is 43.6. The van der Waals surface area contributed by atoms with Gasteiger partial charge in [-0.2, -0.15) is 13.2 Å². The van der Waals surface area contributed by atoms with Crippen LogP contribution in [0, 0.1) is 6.92 Å². The Morgan fingerprint density at radius 2 is 1.70 bits per heavy atom. The molecule has 2 aromatic carbocycles. The van der Waals surface area contributed by atoms with E-state index < -0.39 is 11.7 Å². The van der Waals surface area contributed by atoms with Gasteiger partial charge in [0.25, 0.3) is 0 Å². The van der Waals surface area contributed by atoms with Gasteiger partial charge in [-0.3, -0.25) is 0 Å². The normalized spacial score (nSPS) is 11.4. The molecule has 20 heavy (non-hydrogen) atoms. The van der Waals surface area contributed by atoms with Crippen molar-refractivity contribution < 1.29 is 17.9 Å². The number of halogens is 3. The Morgan fingerprint density at radius 3 is 2.30 bits per heavy atom. The van der Waals surface area contributed by atoms with Crippen molar-refractivity contribution in [3.8, 4) is 5.75 Å². The number of nitrogen functional groups attached to an aromatic ring is 1. The molecule has 0 aromatic heterocycles. The average molecular weight is 281 g/mol. The number of anilines is 1. The maximum absolute atomic E-state index is 12.7. The van der Waals surface area contributed by atoms with Gasteiger partial charge in [0.05, 0.1) is 5.56 Å². The molecule has 2 rings (SSSR count). The van der Waals surface area contributed by atoms with Gasteiger partial charge in [-0.15, -0.1) is 0 Å². The summed E-state index contributed by atoms with van der Waals surface area (Å²) in [6.45, 7) is 2.01. The monoisotopic (exact) mass is 281 g/mol. The summed E-state index contributed by atoms with van der Waals surface area (Å²) >= 11 is 0. The largest absolute Gasteiger partial charge is 0.489 e. The quantitative estimate of drug-likeness (QED) is 0.857. The third-order valence-corrected chi connectivity index (χ3v) is 2.85. The van der Waals surface area contributed by atoms with Crippen LogP contribution in [0.1, 0.15) is 16.7 Å². The van der Waals surface area contributed by atoms with Crippen LogP contribution < -0.4 is 10.5 Å². The second-order valence-electron chi connectivity index (χ2n) is 4.52. The van der Waals surface area contributed by atoms with Crippen LogP contribution >= 0.6 is 0 Å². The highest BCUT2D eigenvalue weighted by molar-refractivity contribution is 5.50. The number of ether oxygens (including phenoxy) is 1. The second-order valence-corrected chi connectivity index (χ2v) is 4.52. The molecule has 0 bridgehead atoms. The lowest BCUT2D eigenvalue weighted by atomic mass is 10.1. The summed E-state index contributed by atoms with van der Waals surface area (Å²) in [5.74, 6) is 0.612. The highest BCUT2D eigenvalue weighted by Gasteiger charge is 2.33. The van der Waals surface area contributed by atoms with Crippen LogP contribution in [-0.2, 0) is 12.8 Å². The third kappa shape index (κ3) is 3.44. The summed E-state index contributed by atoms with van der Waals surface area (Å²) in [6.07, 6.45) is -4.45. The first-order valence-electron chi connectivity index (χ1n) is 6.01. The number of hydrogen-bond acceptors (Lipinski definition) is 2. The number of nitrogens with two attached hydrogens (primary N) is 1. The Bertz CT molecular complexity index is 591. The molecule has 2 nitrogen and oxygen atoms in total. The fourth-order valence-electron chi connectivity index (χ4n) is 1.74. The first kappa shape index (κ1) is 14.2. The predicted octanol–water partition coefficient (Wildman–Crippen LogP) is 4.18. The molecule has 0 aliphatic rings. The predicted molar refractivity (Wildman–Crippen MR) is 71.4 cm³/mol. The van der Waals surface area contributed by atoms with E-state index in [4.69, 9.17) is 10.5 Å². The van der Waals surface area contributed by atoms with Crippen molar-refractivity contribution in [3.63, 3.8) is 0 Å². The third-order valence-electron chi connectivity index (χ3n) is 2.85. The van der Waals surface area contributed by atoms with E-state index in [1.165, 1.54) is 12.1 Å². The van der Waals surface area contributed by atoms with Crippen LogP contribution in [0.25, 0.3) is 0 Å². The minimum atomic E-state index is -4.45. The molecule has 2 aromatic rings. The molecule has 0 aliphatic carbocycles. The van der Waals surface area contributed by atoms with Crippen molar-refractivity contribution in [2.24, 2.45) is 0 Å². The van der Waals surface area contributed by atoms with E-state index in [2.05, 4.69) is 0 Å². The van der Waals surface area contributed by atoms with E-state index in [1.807, 2.05) is 19.1 Å². The van der Waals surface area contributed by atoms with Gasteiger partial charge in [-0.05, 0) is 36.8 Å². The molecule has 0 aliphatic heterocycles.